The lowest BCUT2D eigenvalue weighted by Crippen LogP contribution is -2.30. The van der Waals surface area contributed by atoms with Crippen LogP contribution in [-0.2, 0) is 17.8 Å². The minimum absolute atomic E-state index is 0.196. The Bertz CT molecular complexity index is 1280. The van der Waals surface area contributed by atoms with Crippen LogP contribution in [0, 0.1) is 0 Å². The lowest BCUT2D eigenvalue weighted by atomic mass is 9.96. The van der Waals surface area contributed by atoms with Crippen LogP contribution in [0.5, 0.6) is 0 Å². The van der Waals surface area contributed by atoms with Gasteiger partial charge in [-0.1, -0.05) is 63.1 Å². The lowest BCUT2D eigenvalue weighted by molar-refractivity contribution is -0.118. The molecule has 0 unspecified atom stereocenters. The highest BCUT2D eigenvalue weighted by molar-refractivity contribution is 5.96. The highest BCUT2D eigenvalue weighted by Crippen LogP contribution is 2.41. The van der Waals surface area contributed by atoms with E-state index in [1.54, 1.807) is 4.90 Å². The summed E-state index contributed by atoms with van der Waals surface area (Å²) >= 11 is 0. The Morgan fingerprint density at radius 3 is 2.49 bits per heavy atom. The molecule has 2 aliphatic rings. The molecule has 0 saturated heterocycles. The van der Waals surface area contributed by atoms with Crippen LogP contribution in [0.25, 0.3) is 11.1 Å². The van der Waals surface area contributed by atoms with Gasteiger partial charge in [0, 0.05) is 49.6 Å². The van der Waals surface area contributed by atoms with E-state index in [1.807, 2.05) is 19.4 Å². The second kappa shape index (κ2) is 15.5. The van der Waals surface area contributed by atoms with Crippen molar-refractivity contribution in [2.75, 3.05) is 18.5 Å². The van der Waals surface area contributed by atoms with Crippen LogP contribution in [0.2, 0.25) is 0 Å². The van der Waals surface area contributed by atoms with Gasteiger partial charge >= 0.3 is 5.97 Å². The molecule has 1 fully saturated rings. The highest BCUT2D eigenvalue weighted by atomic mass is 16.5. The molecular formula is C33H44N4O4. The third kappa shape index (κ3) is 8.98. The molecule has 0 spiro atoms. The molecule has 1 aromatic carbocycles. The van der Waals surface area contributed by atoms with Gasteiger partial charge in [0.1, 0.15) is 5.56 Å². The number of rotatable bonds is 14. The number of pyridine rings is 1. The van der Waals surface area contributed by atoms with Gasteiger partial charge in [0.15, 0.2) is 5.76 Å². The fourth-order valence-electron chi connectivity index (χ4n) is 5.24. The lowest BCUT2D eigenvalue weighted by Gasteiger charge is -2.26. The molecule has 0 atom stereocenters. The molecule has 0 radical (unpaired) electrons. The average molecular weight is 561 g/mol. The topological polar surface area (TPSA) is 109 Å². The van der Waals surface area contributed by atoms with E-state index in [9.17, 15) is 9.59 Å². The van der Waals surface area contributed by atoms with Crippen molar-refractivity contribution in [2.45, 2.75) is 96.4 Å². The van der Waals surface area contributed by atoms with E-state index in [4.69, 9.17) is 9.63 Å². The molecule has 3 heterocycles. The van der Waals surface area contributed by atoms with Crippen molar-refractivity contribution in [1.82, 2.24) is 15.5 Å². The minimum Gasteiger partial charge on any atom is -0.478 e. The van der Waals surface area contributed by atoms with Gasteiger partial charge in [0.05, 0.1) is 6.20 Å². The van der Waals surface area contributed by atoms with E-state index in [0.717, 1.165) is 43.6 Å². The summed E-state index contributed by atoms with van der Waals surface area (Å²) in [6.45, 7) is 4.20. The molecule has 1 amide bonds. The van der Waals surface area contributed by atoms with E-state index in [0.29, 0.717) is 18.1 Å². The molecule has 0 bridgehead atoms. The molecule has 1 saturated carbocycles. The van der Waals surface area contributed by atoms with E-state index in [-0.39, 0.29) is 11.5 Å². The number of unbranched alkanes of at least 4 members (excludes halogenated alkanes) is 7. The number of carboxylic acid groups (broad SMARTS) is 1. The Labute approximate surface area is 243 Å². The molecule has 41 heavy (non-hydrogen) atoms. The van der Waals surface area contributed by atoms with Crippen molar-refractivity contribution in [1.29, 1.82) is 0 Å². The summed E-state index contributed by atoms with van der Waals surface area (Å²) in [5, 5.41) is 15.6. The van der Waals surface area contributed by atoms with Crippen LogP contribution in [-0.4, -0.2) is 40.7 Å². The zero-order valence-corrected chi connectivity index (χ0v) is 24.5. The molecule has 1 aliphatic heterocycles. The standard InChI is InChI=1S/C26H37N3O.C7H7NO3/c1-3-4-5-6-7-8-9-10-15-27-18-21-16-24(20-28-19-21)22-11-13-25-23(17-22)12-14-26(30)29(25)2;9-7(10)5-3-8-11-6(5)4-1-2-4/h11,13,16-17,19-20,27H,3-10,12,14-15,18H2,1-2H3;3-4H,1-2H2,(H,9,10). The number of nitrogens with one attached hydrogen (secondary N) is 1. The predicted octanol–water partition coefficient (Wildman–Crippen LogP) is 7.14. The van der Waals surface area contributed by atoms with Crippen LogP contribution in [0.15, 0.2) is 47.4 Å². The van der Waals surface area contributed by atoms with Crippen LogP contribution in [0.3, 0.4) is 0 Å². The first kappa shape index (κ1) is 30.4. The molecule has 2 N–H and O–H groups in total. The van der Waals surface area contributed by atoms with E-state index < -0.39 is 5.97 Å². The van der Waals surface area contributed by atoms with E-state index >= 15 is 0 Å². The number of anilines is 1. The maximum atomic E-state index is 11.9. The number of benzene rings is 1. The summed E-state index contributed by atoms with van der Waals surface area (Å²) < 4.78 is 4.82. The Morgan fingerprint density at radius 2 is 1.76 bits per heavy atom. The quantitative estimate of drug-likeness (QED) is 0.202. The van der Waals surface area contributed by atoms with Gasteiger partial charge in [-0.25, -0.2) is 4.79 Å². The Morgan fingerprint density at radius 1 is 1.00 bits per heavy atom. The van der Waals surface area contributed by atoms with Crippen LogP contribution >= 0.6 is 0 Å². The molecule has 2 aromatic heterocycles. The Hall–Kier alpha value is -3.52. The van der Waals surface area contributed by atoms with Crippen molar-refractivity contribution in [3.63, 3.8) is 0 Å². The average Bonchev–Trinajstić information content (AvgIpc) is 3.71. The summed E-state index contributed by atoms with van der Waals surface area (Å²) in [6, 6.07) is 8.61. The van der Waals surface area contributed by atoms with Gasteiger partial charge in [0.25, 0.3) is 0 Å². The molecule has 8 heteroatoms. The molecule has 3 aromatic rings. The predicted molar refractivity (Wildman–Crippen MR) is 161 cm³/mol. The van der Waals surface area contributed by atoms with Gasteiger partial charge < -0.3 is 19.8 Å². The number of carboxylic acids is 1. The fourth-order valence-corrected chi connectivity index (χ4v) is 5.24. The SMILES string of the molecule is CCCCCCCCCCNCc1cncc(-c2ccc3c(c2)CCC(=O)N3C)c1.O=C(O)c1cnoc1C1CC1. The maximum Gasteiger partial charge on any atom is 0.340 e. The molecule has 220 valence electrons. The number of hydrogen-bond acceptors (Lipinski definition) is 6. The largest absolute Gasteiger partial charge is 0.478 e. The Balaban J connectivity index is 0.000000291. The Kier molecular flexibility index (Phi) is 11.5. The smallest absolute Gasteiger partial charge is 0.340 e. The number of carbonyl (C=O) groups is 2. The number of hydrogen-bond donors (Lipinski definition) is 2. The van der Waals surface area contributed by atoms with Crippen LogP contribution in [0.4, 0.5) is 5.69 Å². The highest BCUT2D eigenvalue weighted by Gasteiger charge is 2.32. The van der Waals surface area contributed by atoms with E-state index in [1.165, 1.54) is 74.3 Å². The number of aryl methyl sites for hydroxylation is 1. The van der Waals surface area contributed by atoms with Gasteiger partial charge in [-0.05, 0) is 67.1 Å². The summed E-state index contributed by atoms with van der Waals surface area (Å²) in [6.07, 6.45) is 19.4. The van der Waals surface area contributed by atoms with Crippen molar-refractivity contribution in [3.05, 3.63) is 65.3 Å². The third-order valence-electron chi connectivity index (χ3n) is 7.86. The number of aromatic nitrogens is 2. The number of aromatic carboxylic acids is 1. The zero-order chi connectivity index (χ0) is 29.0. The summed E-state index contributed by atoms with van der Waals surface area (Å²) in [5.74, 6) is 0.0933. The first-order valence-corrected chi connectivity index (χ1v) is 15.2. The van der Waals surface area contributed by atoms with Crippen LogP contribution in [0.1, 0.15) is 111 Å². The normalized spacial score (nSPS) is 14.4. The first-order valence-electron chi connectivity index (χ1n) is 15.2. The molecule has 5 rings (SSSR count). The van der Waals surface area contributed by atoms with Gasteiger partial charge in [-0.2, -0.15) is 0 Å². The number of fused-ring (bicyclic) bond motifs is 1. The molecule has 1 aliphatic carbocycles. The summed E-state index contributed by atoms with van der Waals surface area (Å²) in [5.41, 5.74) is 6.03. The van der Waals surface area contributed by atoms with Crippen molar-refractivity contribution < 1.29 is 19.2 Å². The van der Waals surface area contributed by atoms with Gasteiger partial charge in [-0.15, -0.1) is 0 Å². The molecule has 8 nitrogen and oxygen atoms in total. The third-order valence-corrected chi connectivity index (χ3v) is 7.86. The van der Waals surface area contributed by atoms with Crippen molar-refractivity contribution in [2.24, 2.45) is 0 Å². The minimum atomic E-state index is -0.951. The zero-order valence-electron chi connectivity index (χ0n) is 24.5. The maximum absolute atomic E-state index is 11.9. The number of carbonyl (C=O) groups excluding carboxylic acids is 1. The number of amides is 1. The second-order valence-corrected chi connectivity index (χ2v) is 11.2. The van der Waals surface area contributed by atoms with Gasteiger partial charge in [0.2, 0.25) is 5.91 Å². The van der Waals surface area contributed by atoms with Crippen molar-refractivity contribution >= 4 is 17.6 Å². The monoisotopic (exact) mass is 560 g/mol. The first-order chi connectivity index (χ1) is 20.0. The second-order valence-electron chi connectivity index (χ2n) is 11.2. The fraction of sp³-hybridized carbons (Fsp3) is 0.515. The van der Waals surface area contributed by atoms with Crippen molar-refractivity contribution in [3.8, 4) is 11.1 Å². The summed E-state index contributed by atoms with van der Waals surface area (Å²) in [4.78, 5) is 28.6. The molecular weight excluding hydrogens is 516 g/mol. The van der Waals surface area contributed by atoms with E-state index in [2.05, 4.69) is 46.6 Å². The van der Waals surface area contributed by atoms with Gasteiger partial charge in [-0.3, -0.25) is 9.78 Å². The summed E-state index contributed by atoms with van der Waals surface area (Å²) in [7, 11) is 1.86. The number of nitrogens with zero attached hydrogens (tertiary/aromatic N) is 3. The van der Waals surface area contributed by atoms with Crippen LogP contribution < -0.4 is 10.2 Å².